The van der Waals surface area contributed by atoms with Gasteiger partial charge in [0.1, 0.15) is 0 Å². The third kappa shape index (κ3) is 9.46. The minimum absolute atomic E-state index is 0.134. The molecule has 0 N–H and O–H groups in total. The van der Waals surface area contributed by atoms with Crippen molar-refractivity contribution in [3.63, 3.8) is 0 Å². The van der Waals surface area contributed by atoms with Crippen LogP contribution in [0.2, 0.25) is 0 Å². The first-order valence-corrected chi connectivity index (χ1v) is 38.8. The van der Waals surface area contributed by atoms with Crippen molar-refractivity contribution in [1.29, 1.82) is 0 Å². The van der Waals surface area contributed by atoms with Gasteiger partial charge in [-0.3, -0.25) is 0 Å². The van der Waals surface area contributed by atoms with Gasteiger partial charge in [0, 0.05) is 10.8 Å². The highest BCUT2D eigenvalue weighted by Gasteiger charge is 2.40. The Morgan fingerprint density at radius 2 is 0.445 bits per heavy atom. The smallest absolute Gasteiger partial charge is 0.0165 e. The molecule has 0 bridgehead atoms. The van der Waals surface area contributed by atoms with Crippen LogP contribution in [0.1, 0.15) is 49.9 Å². The van der Waals surface area contributed by atoms with Crippen molar-refractivity contribution in [1.82, 2.24) is 0 Å². The molecular weight excluding hydrogens is 1320 g/mol. The summed E-state index contributed by atoms with van der Waals surface area (Å²) >= 11 is 0. The molecule has 514 valence electrons. The van der Waals surface area contributed by atoms with Crippen LogP contribution in [0.3, 0.4) is 0 Å². The second-order valence-electron chi connectivity index (χ2n) is 31.5. The molecule has 0 heteroatoms. The fourth-order valence-electron chi connectivity index (χ4n) is 20.3. The van der Waals surface area contributed by atoms with Gasteiger partial charge >= 0.3 is 0 Å². The summed E-state index contributed by atoms with van der Waals surface area (Å²) in [7, 11) is 0. The summed E-state index contributed by atoms with van der Waals surface area (Å²) in [5.74, 6) is 0. The predicted molar refractivity (Wildman–Crippen MR) is 473 cm³/mol. The molecular formula is C110H74. The van der Waals surface area contributed by atoms with Crippen molar-refractivity contribution in [2.45, 2.75) is 38.5 Å². The number of benzene rings is 21. The minimum Gasteiger partial charge on any atom is -0.0616 e. The summed E-state index contributed by atoms with van der Waals surface area (Å²) in [6.45, 7) is 9.60. The summed E-state index contributed by atoms with van der Waals surface area (Å²) < 4.78 is 0. The van der Waals surface area contributed by atoms with E-state index in [1.54, 1.807) is 0 Å². The molecule has 0 fully saturated rings. The van der Waals surface area contributed by atoms with Gasteiger partial charge in [0.15, 0.2) is 0 Å². The van der Waals surface area contributed by atoms with E-state index in [2.05, 4.69) is 404 Å². The van der Waals surface area contributed by atoms with E-state index >= 15 is 0 Å². The molecule has 0 aromatic heterocycles. The van der Waals surface area contributed by atoms with Crippen LogP contribution in [0.25, 0.3) is 208 Å². The van der Waals surface area contributed by atoms with Gasteiger partial charge in [0.25, 0.3) is 0 Å². The van der Waals surface area contributed by atoms with Crippen LogP contribution in [-0.4, -0.2) is 0 Å². The molecule has 0 unspecified atom stereocenters. The second-order valence-corrected chi connectivity index (χ2v) is 31.5. The van der Waals surface area contributed by atoms with E-state index in [4.69, 9.17) is 0 Å². The molecule has 0 amide bonds. The molecule has 2 aliphatic carbocycles. The predicted octanol–water partition coefficient (Wildman–Crippen LogP) is 30.7. The Kier molecular flexibility index (Phi) is 14.2. The molecule has 0 saturated heterocycles. The van der Waals surface area contributed by atoms with Gasteiger partial charge in [-0.15, -0.1) is 0 Å². The Labute approximate surface area is 640 Å². The molecule has 0 aliphatic heterocycles. The normalized spacial score (nSPS) is 13.2. The summed E-state index contributed by atoms with van der Waals surface area (Å²) in [5, 5.41) is 28.3. The van der Waals surface area contributed by atoms with Gasteiger partial charge in [-0.2, -0.15) is 0 Å². The van der Waals surface area contributed by atoms with Gasteiger partial charge in [-0.05, 0) is 254 Å². The van der Waals surface area contributed by atoms with Crippen LogP contribution < -0.4 is 0 Å². The highest BCUT2D eigenvalue weighted by molar-refractivity contribution is 6.30. The molecule has 0 atom stereocenters. The maximum Gasteiger partial charge on any atom is 0.0165 e. The van der Waals surface area contributed by atoms with Crippen molar-refractivity contribution in [3.8, 4) is 89.0 Å². The average molecular weight is 1400 g/mol. The van der Waals surface area contributed by atoms with Crippen LogP contribution >= 0.6 is 0 Å². The van der Waals surface area contributed by atoms with Gasteiger partial charge in [0.05, 0.1) is 0 Å². The average Bonchev–Trinajstić information content (AvgIpc) is 1.38. The first-order chi connectivity index (χ1) is 54.1. The molecule has 0 heterocycles. The molecule has 2 aliphatic rings. The maximum atomic E-state index is 2.44. The number of hydrogen-bond acceptors (Lipinski definition) is 0. The molecule has 0 saturated carbocycles. The first-order valence-electron chi connectivity index (χ1n) is 38.8. The minimum atomic E-state index is -0.142. The third-order valence-electron chi connectivity index (χ3n) is 25.0. The lowest BCUT2D eigenvalue weighted by Crippen LogP contribution is -2.16. The zero-order valence-electron chi connectivity index (χ0n) is 61.8. The summed E-state index contributed by atoms with van der Waals surface area (Å²) in [4.78, 5) is 0. The Balaban J connectivity index is 0.000000136. The molecule has 0 radical (unpaired) electrons. The number of fused-ring (bicyclic) bond motifs is 22. The van der Waals surface area contributed by atoms with E-state index in [1.165, 1.54) is 230 Å². The van der Waals surface area contributed by atoms with Gasteiger partial charge in [-0.1, -0.05) is 380 Å². The Bertz CT molecular complexity index is 7410. The highest BCUT2D eigenvalue weighted by Crippen LogP contribution is 2.58. The topological polar surface area (TPSA) is 0 Å². The fraction of sp³-hybridized carbons (Fsp3) is 0.0545. The second kappa shape index (κ2) is 24.5. The van der Waals surface area contributed by atoms with Crippen LogP contribution in [0.5, 0.6) is 0 Å². The van der Waals surface area contributed by atoms with Crippen molar-refractivity contribution in [3.05, 3.63) is 398 Å². The monoisotopic (exact) mass is 1390 g/mol. The SMILES string of the molecule is CC1(C)c2ccc3ccccc3c2-c2cccc(-c3cccc(-c4c5ccccc5c(-c5cc6ccc7ccccc7c6c6ccccc56)c5ccccc45)c3)c21.CC1(C)c2ccc3ccccc3c2-c2cccc(-c3cccc(-c4c5ccccc5c(-c5cc6ccccc6c6ccccc56)c5ccccc45)c3)c21. The summed E-state index contributed by atoms with van der Waals surface area (Å²) in [6, 6.07) is 141. The molecule has 21 aromatic carbocycles. The zero-order chi connectivity index (χ0) is 73.1. The lowest BCUT2D eigenvalue weighted by molar-refractivity contribution is 0.662. The number of hydrogen-bond donors (Lipinski definition) is 0. The van der Waals surface area contributed by atoms with Gasteiger partial charge < -0.3 is 0 Å². The van der Waals surface area contributed by atoms with Crippen LogP contribution in [-0.2, 0) is 10.8 Å². The highest BCUT2D eigenvalue weighted by atomic mass is 14.4. The quantitative estimate of drug-likeness (QED) is 0.115. The Morgan fingerprint density at radius 1 is 0.155 bits per heavy atom. The van der Waals surface area contributed by atoms with Crippen molar-refractivity contribution in [2.75, 3.05) is 0 Å². The van der Waals surface area contributed by atoms with Crippen molar-refractivity contribution < 1.29 is 0 Å². The van der Waals surface area contributed by atoms with E-state index in [9.17, 15) is 0 Å². The summed E-state index contributed by atoms with van der Waals surface area (Å²) in [6.07, 6.45) is 0. The first kappa shape index (κ1) is 63.7. The van der Waals surface area contributed by atoms with Crippen LogP contribution in [0.4, 0.5) is 0 Å². The Hall–Kier alpha value is -13.5. The van der Waals surface area contributed by atoms with Gasteiger partial charge in [0.2, 0.25) is 0 Å². The van der Waals surface area contributed by atoms with Crippen LogP contribution in [0.15, 0.2) is 376 Å². The summed E-state index contributed by atoms with van der Waals surface area (Å²) in [5.41, 5.74) is 26.1. The van der Waals surface area contributed by atoms with E-state index in [0.717, 1.165) is 0 Å². The van der Waals surface area contributed by atoms with E-state index in [1.807, 2.05) is 0 Å². The van der Waals surface area contributed by atoms with Crippen LogP contribution in [0, 0.1) is 0 Å². The lowest BCUT2D eigenvalue weighted by Gasteiger charge is -2.25. The van der Waals surface area contributed by atoms with E-state index in [-0.39, 0.29) is 10.8 Å². The maximum absolute atomic E-state index is 2.44. The van der Waals surface area contributed by atoms with Crippen molar-refractivity contribution in [2.24, 2.45) is 0 Å². The largest absolute Gasteiger partial charge is 0.0616 e. The molecule has 21 aromatic rings. The zero-order valence-corrected chi connectivity index (χ0v) is 61.8. The fourth-order valence-corrected chi connectivity index (χ4v) is 20.3. The number of rotatable bonds is 6. The third-order valence-corrected chi connectivity index (χ3v) is 25.0. The van der Waals surface area contributed by atoms with E-state index in [0.29, 0.717) is 0 Å². The standard InChI is InChI=1S/C57H38.C53H36/c1-57(2)51-32-31-36-16-4-6-20-41(36)55(51)49-28-14-27-42(56(49)57)37-17-13-18-38(33-37)53-45-23-9-11-25-47(45)54(48-26-12-10-24-46(48)53)50-34-39-30-29-35-15-3-5-19-40(35)52(39)44-22-8-7-21-43(44)50;1-53(2)48-30-29-33-15-3-6-20-38(33)51(48)46-28-14-27-39(52(46)53)34-17-13-18-36(31-34)49-42-23-9-11-25-44(42)50(45-26-12-10-24-43(45)49)47-32-35-16-4-5-19-37(35)40-21-7-8-22-41(40)47/h3-34H,1-2H3;3-32H,1-2H3. The van der Waals surface area contributed by atoms with E-state index < -0.39 is 0 Å². The Morgan fingerprint density at radius 3 is 0.891 bits per heavy atom. The molecule has 110 heavy (non-hydrogen) atoms. The lowest BCUT2D eigenvalue weighted by atomic mass is 9.78. The molecule has 0 spiro atoms. The molecule has 23 rings (SSSR count). The van der Waals surface area contributed by atoms with Gasteiger partial charge in [-0.25, -0.2) is 0 Å². The molecule has 0 nitrogen and oxygen atoms in total. The van der Waals surface area contributed by atoms with Crippen molar-refractivity contribution >= 4 is 118 Å².